The van der Waals surface area contributed by atoms with E-state index in [0.29, 0.717) is 12.5 Å². The molecule has 27 heavy (non-hydrogen) atoms. The van der Waals surface area contributed by atoms with E-state index in [2.05, 4.69) is 69.3 Å². The predicted molar refractivity (Wildman–Crippen MR) is 110 cm³/mol. The Bertz CT molecular complexity index is 780. The SMILES string of the molecule is CC(C)(C)[Si](OCC1C2CC1(C(=O)O)C2)(c1ccccc1)c1ccccc1. The van der Waals surface area contributed by atoms with Gasteiger partial charge < -0.3 is 9.53 Å². The van der Waals surface area contributed by atoms with Crippen LogP contribution in [0, 0.1) is 17.3 Å². The molecule has 1 unspecified atom stereocenters. The second-order valence-electron chi connectivity index (χ2n) is 9.21. The Labute approximate surface area is 162 Å². The first kappa shape index (κ1) is 18.5. The Hall–Kier alpha value is -1.91. The summed E-state index contributed by atoms with van der Waals surface area (Å²) in [5.74, 6) is 0.0528. The minimum atomic E-state index is -2.56. The van der Waals surface area contributed by atoms with Gasteiger partial charge in [0.2, 0.25) is 0 Å². The first-order chi connectivity index (χ1) is 12.8. The van der Waals surface area contributed by atoms with Crippen LogP contribution in [-0.4, -0.2) is 26.0 Å². The molecule has 2 bridgehead atoms. The van der Waals surface area contributed by atoms with Gasteiger partial charge in [-0.2, -0.15) is 0 Å². The van der Waals surface area contributed by atoms with Crippen molar-refractivity contribution in [2.75, 3.05) is 6.61 Å². The van der Waals surface area contributed by atoms with Gasteiger partial charge in [-0.3, -0.25) is 4.79 Å². The van der Waals surface area contributed by atoms with Crippen molar-refractivity contribution in [3.8, 4) is 0 Å². The number of carbonyl (C=O) groups is 1. The van der Waals surface area contributed by atoms with E-state index in [1.807, 2.05) is 12.1 Å². The monoisotopic (exact) mass is 380 g/mol. The molecule has 0 heterocycles. The Morgan fingerprint density at radius 2 is 1.52 bits per heavy atom. The third-order valence-corrected chi connectivity index (χ3v) is 11.9. The molecule has 3 aliphatic rings. The van der Waals surface area contributed by atoms with Crippen molar-refractivity contribution < 1.29 is 14.3 Å². The maximum atomic E-state index is 11.8. The number of carboxylic acid groups (broad SMARTS) is 1. The van der Waals surface area contributed by atoms with E-state index < -0.39 is 19.7 Å². The number of rotatable bonds is 6. The van der Waals surface area contributed by atoms with Crippen molar-refractivity contribution in [2.45, 2.75) is 38.7 Å². The lowest BCUT2D eigenvalue weighted by Crippen LogP contribution is -2.71. The lowest BCUT2D eigenvalue weighted by Gasteiger charge is -2.66. The van der Waals surface area contributed by atoms with E-state index in [4.69, 9.17) is 4.43 Å². The Morgan fingerprint density at radius 1 is 1.04 bits per heavy atom. The molecular formula is C23H28O3Si. The van der Waals surface area contributed by atoms with E-state index in [9.17, 15) is 9.90 Å². The molecule has 2 aromatic carbocycles. The van der Waals surface area contributed by atoms with Crippen molar-refractivity contribution in [3.63, 3.8) is 0 Å². The van der Waals surface area contributed by atoms with Crippen molar-refractivity contribution in [1.29, 1.82) is 0 Å². The fourth-order valence-corrected chi connectivity index (χ4v) is 9.78. The molecule has 0 radical (unpaired) electrons. The van der Waals surface area contributed by atoms with Crippen molar-refractivity contribution in [2.24, 2.45) is 17.3 Å². The second-order valence-corrected chi connectivity index (χ2v) is 13.5. The van der Waals surface area contributed by atoms with Gasteiger partial charge in [0.1, 0.15) is 0 Å². The summed E-state index contributed by atoms with van der Waals surface area (Å²) in [6, 6.07) is 21.1. The van der Waals surface area contributed by atoms with Gasteiger partial charge in [-0.15, -0.1) is 0 Å². The van der Waals surface area contributed by atoms with Gasteiger partial charge >= 0.3 is 5.97 Å². The Kier molecular flexibility index (Phi) is 4.32. The molecule has 3 saturated carbocycles. The van der Waals surface area contributed by atoms with Gasteiger partial charge in [0, 0.05) is 12.5 Å². The van der Waals surface area contributed by atoms with Crippen LogP contribution in [0.1, 0.15) is 33.6 Å². The van der Waals surface area contributed by atoms with Crippen LogP contribution >= 0.6 is 0 Å². The molecule has 0 spiro atoms. The zero-order valence-corrected chi connectivity index (χ0v) is 17.3. The lowest BCUT2D eigenvalue weighted by atomic mass is 9.38. The molecule has 3 fully saturated rings. The van der Waals surface area contributed by atoms with E-state index >= 15 is 0 Å². The van der Waals surface area contributed by atoms with Gasteiger partial charge in [0.15, 0.2) is 0 Å². The Balaban J connectivity index is 1.73. The quantitative estimate of drug-likeness (QED) is 0.778. The largest absolute Gasteiger partial charge is 0.481 e. The van der Waals surface area contributed by atoms with Gasteiger partial charge in [-0.05, 0) is 34.2 Å². The van der Waals surface area contributed by atoms with Crippen LogP contribution in [0.25, 0.3) is 0 Å². The first-order valence-electron chi connectivity index (χ1n) is 9.80. The fourth-order valence-electron chi connectivity index (χ4n) is 5.20. The third kappa shape index (κ3) is 2.61. The summed E-state index contributed by atoms with van der Waals surface area (Å²) in [6.07, 6.45) is 1.66. The molecule has 0 saturated heterocycles. The molecular weight excluding hydrogens is 352 g/mol. The number of carboxylic acids is 1. The van der Waals surface area contributed by atoms with Crippen LogP contribution in [0.15, 0.2) is 60.7 Å². The van der Waals surface area contributed by atoms with Crippen LogP contribution in [0.4, 0.5) is 0 Å². The summed E-state index contributed by atoms with van der Waals surface area (Å²) in [7, 11) is -2.56. The fraction of sp³-hybridized carbons (Fsp3) is 0.435. The maximum Gasteiger partial charge on any atom is 0.310 e. The van der Waals surface area contributed by atoms with Crippen LogP contribution in [-0.2, 0) is 9.22 Å². The van der Waals surface area contributed by atoms with E-state index in [0.717, 1.165) is 12.8 Å². The molecule has 3 nitrogen and oxygen atoms in total. The average molecular weight is 381 g/mol. The van der Waals surface area contributed by atoms with Crippen molar-refractivity contribution in [3.05, 3.63) is 60.7 Å². The Morgan fingerprint density at radius 3 is 1.85 bits per heavy atom. The zero-order chi connectivity index (χ0) is 19.3. The summed E-state index contributed by atoms with van der Waals surface area (Å²) in [5.41, 5.74) is -0.518. The highest BCUT2D eigenvalue weighted by molar-refractivity contribution is 6.99. The smallest absolute Gasteiger partial charge is 0.310 e. The summed E-state index contributed by atoms with van der Waals surface area (Å²) in [4.78, 5) is 11.8. The number of aliphatic carboxylic acids is 1. The van der Waals surface area contributed by atoms with Crippen LogP contribution in [0.2, 0.25) is 5.04 Å². The lowest BCUT2D eigenvalue weighted by molar-refractivity contribution is -0.223. The highest BCUT2D eigenvalue weighted by atomic mass is 28.4. The van der Waals surface area contributed by atoms with Crippen LogP contribution in [0.5, 0.6) is 0 Å². The predicted octanol–water partition coefficient (Wildman–Crippen LogP) is 3.67. The molecule has 0 aromatic heterocycles. The minimum absolute atomic E-state index is 0.0694. The molecule has 0 aliphatic heterocycles. The second kappa shape index (κ2) is 6.32. The molecule has 4 heteroatoms. The van der Waals surface area contributed by atoms with Gasteiger partial charge in [-0.25, -0.2) is 0 Å². The summed E-state index contributed by atoms with van der Waals surface area (Å²) < 4.78 is 6.92. The minimum Gasteiger partial charge on any atom is -0.481 e. The van der Waals surface area contributed by atoms with Crippen LogP contribution in [0.3, 0.4) is 0 Å². The standard InChI is InChI=1S/C23H28O3Si/c1-22(2,3)27(18-10-6-4-7-11-18,19-12-8-5-9-13-19)26-16-20-17-14-23(20,15-17)21(24)25/h4-13,17,20H,14-16H2,1-3H3,(H,24,25). The van der Waals surface area contributed by atoms with Crippen LogP contribution < -0.4 is 10.4 Å². The van der Waals surface area contributed by atoms with E-state index in [-0.39, 0.29) is 11.0 Å². The highest BCUT2D eigenvalue weighted by Gasteiger charge is 2.70. The molecule has 142 valence electrons. The molecule has 0 amide bonds. The number of hydrogen-bond acceptors (Lipinski definition) is 2. The van der Waals surface area contributed by atoms with E-state index in [1.54, 1.807) is 0 Å². The van der Waals surface area contributed by atoms with Crippen molar-refractivity contribution in [1.82, 2.24) is 0 Å². The third-order valence-electron chi connectivity index (χ3n) is 6.85. The van der Waals surface area contributed by atoms with Gasteiger partial charge in [0.05, 0.1) is 5.41 Å². The summed E-state index contributed by atoms with van der Waals surface area (Å²) >= 11 is 0. The molecule has 1 N–H and O–H groups in total. The number of hydrogen-bond donors (Lipinski definition) is 1. The average Bonchev–Trinajstić information content (AvgIpc) is 2.57. The zero-order valence-electron chi connectivity index (χ0n) is 16.3. The van der Waals surface area contributed by atoms with Gasteiger partial charge in [0.25, 0.3) is 8.32 Å². The summed E-state index contributed by atoms with van der Waals surface area (Å²) in [6.45, 7) is 7.32. The number of benzene rings is 2. The van der Waals surface area contributed by atoms with Crippen molar-refractivity contribution >= 4 is 24.7 Å². The highest BCUT2D eigenvalue weighted by Crippen LogP contribution is 2.69. The molecule has 3 aliphatic carbocycles. The maximum absolute atomic E-state index is 11.8. The molecule has 1 atom stereocenters. The van der Waals surface area contributed by atoms with E-state index in [1.165, 1.54) is 10.4 Å². The van der Waals surface area contributed by atoms with Gasteiger partial charge in [-0.1, -0.05) is 81.4 Å². The molecule has 5 rings (SSSR count). The normalized spacial score (nSPS) is 26.8. The summed E-state index contributed by atoms with van der Waals surface area (Å²) in [5, 5.41) is 12.1. The molecule has 2 aromatic rings. The topological polar surface area (TPSA) is 46.5 Å². The first-order valence-corrected chi connectivity index (χ1v) is 11.7.